The van der Waals surface area contributed by atoms with E-state index in [0.29, 0.717) is 10.0 Å². The van der Waals surface area contributed by atoms with Crippen molar-refractivity contribution in [3.63, 3.8) is 0 Å². The highest BCUT2D eigenvalue weighted by molar-refractivity contribution is 9.10. The molecule has 0 heterocycles. The lowest BCUT2D eigenvalue weighted by Crippen LogP contribution is -2.34. The van der Waals surface area contributed by atoms with Crippen molar-refractivity contribution in [2.75, 3.05) is 13.7 Å². The predicted octanol–water partition coefficient (Wildman–Crippen LogP) is 2.04. The molecule has 7 heteroatoms. The van der Waals surface area contributed by atoms with Crippen LogP contribution in [0.4, 0.5) is 4.39 Å². The number of ether oxygens (including phenoxy) is 1. The molecule has 1 N–H and O–H groups in total. The first kappa shape index (κ1) is 15.6. The van der Waals surface area contributed by atoms with E-state index in [-0.39, 0.29) is 13.2 Å². The normalized spacial score (nSPS) is 13.6. The van der Waals surface area contributed by atoms with Crippen LogP contribution in [0.25, 0.3) is 0 Å². The maximum atomic E-state index is 13.2. The van der Waals surface area contributed by atoms with Gasteiger partial charge >= 0.3 is 0 Å². The summed E-state index contributed by atoms with van der Waals surface area (Å²) < 4.78 is 44.3. The van der Waals surface area contributed by atoms with Crippen LogP contribution in [0.15, 0.2) is 22.7 Å². The van der Waals surface area contributed by atoms with Crippen LogP contribution in [0.5, 0.6) is 0 Å². The van der Waals surface area contributed by atoms with Crippen LogP contribution in [0.1, 0.15) is 12.5 Å². The molecule has 0 radical (unpaired) electrons. The second-order valence-electron chi connectivity index (χ2n) is 3.88. The molecule has 18 heavy (non-hydrogen) atoms. The predicted molar refractivity (Wildman–Crippen MR) is 71.2 cm³/mol. The molecule has 0 saturated carbocycles. The molecule has 0 unspecified atom stereocenters. The van der Waals surface area contributed by atoms with E-state index in [1.165, 1.54) is 19.2 Å². The van der Waals surface area contributed by atoms with E-state index in [9.17, 15) is 12.8 Å². The highest BCUT2D eigenvalue weighted by atomic mass is 79.9. The van der Waals surface area contributed by atoms with Gasteiger partial charge in [-0.1, -0.05) is 6.07 Å². The van der Waals surface area contributed by atoms with Gasteiger partial charge in [-0.2, -0.15) is 0 Å². The molecule has 0 aromatic heterocycles. The molecule has 0 aliphatic carbocycles. The summed E-state index contributed by atoms with van der Waals surface area (Å²) in [5.74, 6) is -0.420. The molecule has 0 aliphatic rings. The van der Waals surface area contributed by atoms with Gasteiger partial charge in [0, 0.05) is 13.7 Å². The molecule has 4 nitrogen and oxygen atoms in total. The van der Waals surface area contributed by atoms with E-state index in [2.05, 4.69) is 20.7 Å². The quantitative estimate of drug-likeness (QED) is 0.862. The zero-order chi connectivity index (χ0) is 13.8. The lowest BCUT2D eigenvalue weighted by molar-refractivity contribution is 0.200. The van der Waals surface area contributed by atoms with E-state index in [1.807, 2.05) is 0 Å². The average molecular weight is 340 g/mol. The van der Waals surface area contributed by atoms with Crippen molar-refractivity contribution in [2.45, 2.75) is 18.7 Å². The fourth-order valence-electron chi connectivity index (χ4n) is 1.30. The number of hydrogen-bond donors (Lipinski definition) is 1. The molecule has 1 aromatic rings. The molecule has 0 aliphatic heterocycles. The molecule has 0 spiro atoms. The Hall–Kier alpha value is -0.500. The minimum atomic E-state index is -3.45. The van der Waals surface area contributed by atoms with E-state index in [4.69, 9.17) is 4.74 Å². The Balaban J connectivity index is 2.67. The summed E-state index contributed by atoms with van der Waals surface area (Å²) >= 11 is 3.03. The number of halogens is 2. The van der Waals surface area contributed by atoms with Gasteiger partial charge in [-0.05, 0) is 40.5 Å². The van der Waals surface area contributed by atoms with Gasteiger partial charge < -0.3 is 4.74 Å². The third-order valence-corrected chi connectivity index (χ3v) is 4.78. The van der Waals surface area contributed by atoms with Gasteiger partial charge in [-0.25, -0.2) is 17.5 Å². The van der Waals surface area contributed by atoms with Gasteiger partial charge in [0.25, 0.3) is 0 Å². The average Bonchev–Trinajstić information content (AvgIpc) is 2.31. The van der Waals surface area contributed by atoms with Gasteiger partial charge in [0.05, 0.1) is 16.3 Å². The second-order valence-corrected chi connectivity index (χ2v) is 6.92. The number of benzene rings is 1. The third kappa shape index (κ3) is 4.31. The topological polar surface area (TPSA) is 55.4 Å². The lowest BCUT2D eigenvalue weighted by atomic mass is 10.2. The maximum absolute atomic E-state index is 13.2. The van der Waals surface area contributed by atoms with Gasteiger partial charge in [0.1, 0.15) is 5.82 Å². The van der Waals surface area contributed by atoms with Crippen LogP contribution in [-0.2, 0) is 21.3 Å². The van der Waals surface area contributed by atoms with Crippen molar-refractivity contribution in [3.05, 3.63) is 34.1 Å². The standard InChI is InChI=1S/C11H15BrFNO3S/c1-8(7-17-2)18(15,16)14-6-9-3-4-10(12)11(13)5-9/h3-5,8,14H,6-7H2,1-2H3/t8-/m0/s1. The molecule has 1 atom stereocenters. The Morgan fingerprint density at radius 2 is 2.17 bits per heavy atom. The first-order valence-electron chi connectivity index (χ1n) is 5.28. The summed E-state index contributed by atoms with van der Waals surface area (Å²) in [5.41, 5.74) is 0.559. The van der Waals surface area contributed by atoms with Crippen LogP contribution in [0.2, 0.25) is 0 Å². The number of nitrogens with one attached hydrogen (secondary N) is 1. The summed E-state index contributed by atoms with van der Waals surface area (Å²) in [5, 5.41) is -0.650. The summed E-state index contributed by atoms with van der Waals surface area (Å²) in [4.78, 5) is 0. The maximum Gasteiger partial charge on any atom is 0.216 e. The summed E-state index contributed by atoms with van der Waals surface area (Å²) in [6.45, 7) is 1.72. The van der Waals surface area contributed by atoms with E-state index in [0.717, 1.165) is 0 Å². The van der Waals surface area contributed by atoms with Crippen LogP contribution in [0.3, 0.4) is 0 Å². The van der Waals surface area contributed by atoms with E-state index >= 15 is 0 Å². The molecule has 1 aromatic carbocycles. The number of hydrogen-bond acceptors (Lipinski definition) is 3. The highest BCUT2D eigenvalue weighted by Gasteiger charge is 2.19. The van der Waals surface area contributed by atoms with Crippen molar-refractivity contribution in [1.29, 1.82) is 0 Å². The SMILES string of the molecule is COC[C@H](C)S(=O)(=O)NCc1ccc(Br)c(F)c1. The van der Waals surface area contributed by atoms with E-state index < -0.39 is 21.1 Å². The van der Waals surface area contributed by atoms with Gasteiger partial charge in [0.15, 0.2) is 0 Å². The molecular weight excluding hydrogens is 325 g/mol. The number of sulfonamides is 1. The third-order valence-electron chi connectivity index (χ3n) is 2.39. The smallest absolute Gasteiger partial charge is 0.216 e. The Morgan fingerprint density at radius 1 is 1.50 bits per heavy atom. The van der Waals surface area contributed by atoms with Gasteiger partial charge in [-0.3, -0.25) is 0 Å². The zero-order valence-corrected chi connectivity index (χ0v) is 12.5. The molecule has 1 rings (SSSR count). The zero-order valence-electron chi connectivity index (χ0n) is 10.1. The van der Waals surface area contributed by atoms with Crippen molar-refractivity contribution >= 4 is 26.0 Å². The number of methoxy groups -OCH3 is 1. The Bertz CT molecular complexity index is 507. The van der Waals surface area contributed by atoms with Crippen molar-refractivity contribution in [2.24, 2.45) is 0 Å². The molecule has 102 valence electrons. The molecule has 0 amide bonds. The van der Waals surface area contributed by atoms with Crippen LogP contribution >= 0.6 is 15.9 Å². The molecule has 0 bridgehead atoms. The second kappa shape index (κ2) is 6.60. The van der Waals surface area contributed by atoms with Crippen LogP contribution < -0.4 is 4.72 Å². The summed E-state index contributed by atoms with van der Waals surface area (Å²) in [6.07, 6.45) is 0. The summed E-state index contributed by atoms with van der Waals surface area (Å²) in [7, 11) is -2.01. The largest absolute Gasteiger partial charge is 0.383 e. The Morgan fingerprint density at radius 3 is 2.72 bits per heavy atom. The van der Waals surface area contributed by atoms with Crippen molar-refractivity contribution in [1.82, 2.24) is 4.72 Å². The lowest BCUT2D eigenvalue weighted by Gasteiger charge is -2.13. The van der Waals surface area contributed by atoms with E-state index in [1.54, 1.807) is 13.0 Å². The van der Waals surface area contributed by atoms with Gasteiger partial charge in [-0.15, -0.1) is 0 Å². The minimum Gasteiger partial charge on any atom is -0.383 e. The fourth-order valence-corrected chi connectivity index (χ4v) is 2.51. The highest BCUT2D eigenvalue weighted by Crippen LogP contribution is 2.16. The minimum absolute atomic E-state index is 0.0561. The van der Waals surface area contributed by atoms with Crippen LogP contribution in [-0.4, -0.2) is 27.4 Å². The molecular formula is C11H15BrFNO3S. The van der Waals surface area contributed by atoms with Crippen LogP contribution in [0, 0.1) is 5.82 Å². The molecule has 0 saturated heterocycles. The van der Waals surface area contributed by atoms with Gasteiger partial charge in [0.2, 0.25) is 10.0 Å². The Kier molecular flexibility index (Phi) is 5.71. The molecule has 0 fully saturated rings. The van der Waals surface area contributed by atoms with Crippen molar-refractivity contribution < 1.29 is 17.5 Å². The first-order chi connectivity index (χ1) is 8.36. The Labute approximate surface area is 115 Å². The van der Waals surface area contributed by atoms with Crippen molar-refractivity contribution in [3.8, 4) is 0 Å². The monoisotopic (exact) mass is 339 g/mol. The fraction of sp³-hybridized carbons (Fsp3) is 0.455. The summed E-state index contributed by atoms with van der Waals surface area (Å²) in [6, 6.07) is 4.47. The number of rotatable bonds is 6. The first-order valence-corrected chi connectivity index (χ1v) is 7.62.